The first-order valence-corrected chi connectivity index (χ1v) is 14.8. The predicted octanol–water partition coefficient (Wildman–Crippen LogP) is 12.3. The van der Waals surface area contributed by atoms with Gasteiger partial charge in [-0.1, -0.05) is 123 Å². The summed E-state index contributed by atoms with van der Waals surface area (Å²) in [5, 5.41) is 10.9. The van der Waals surface area contributed by atoms with Crippen molar-refractivity contribution >= 4 is 79.0 Å². The van der Waals surface area contributed by atoms with Crippen molar-refractivity contribution < 1.29 is 0 Å². The van der Waals surface area contributed by atoms with E-state index < -0.39 is 0 Å². The highest BCUT2D eigenvalue weighted by molar-refractivity contribution is 6.24. The Bertz CT molecular complexity index is 2120. The zero-order chi connectivity index (χ0) is 30.0. The van der Waals surface area contributed by atoms with Crippen LogP contribution in [0.25, 0.3) is 50.5 Å². The third kappa shape index (κ3) is 4.83. The van der Waals surface area contributed by atoms with Gasteiger partial charge in [-0.25, -0.2) is 0 Å². The van der Waals surface area contributed by atoms with Gasteiger partial charge in [0, 0.05) is 33.5 Å². The highest BCUT2D eigenvalue weighted by Crippen LogP contribution is 2.45. The Balaban J connectivity index is 1.50. The number of nitrogens with zero attached hydrogens (tertiary/aromatic N) is 1. The van der Waals surface area contributed by atoms with E-state index in [1.807, 2.05) is 18.2 Å². The highest BCUT2D eigenvalue weighted by atomic mass is 15.1. The van der Waals surface area contributed by atoms with Gasteiger partial charge in [-0.3, -0.25) is 0 Å². The van der Waals surface area contributed by atoms with E-state index >= 15 is 0 Å². The van der Waals surface area contributed by atoms with Crippen LogP contribution >= 0.6 is 0 Å². The maximum Gasteiger partial charge on any atom is 0.0546 e. The molecule has 7 rings (SSSR count). The van der Waals surface area contributed by atoms with Crippen LogP contribution in [0.4, 0.5) is 28.4 Å². The maximum atomic E-state index is 3.95. The molecule has 2 nitrogen and oxygen atoms in total. The molecule has 0 spiro atoms. The first kappa shape index (κ1) is 27.0. The largest absolute Gasteiger partial charge is 0.355 e. The van der Waals surface area contributed by atoms with Gasteiger partial charge in [-0.2, -0.15) is 0 Å². The van der Waals surface area contributed by atoms with Crippen LogP contribution in [0.3, 0.4) is 0 Å². The van der Waals surface area contributed by atoms with Crippen LogP contribution in [0.1, 0.15) is 16.7 Å². The highest BCUT2D eigenvalue weighted by Gasteiger charge is 2.19. The number of rotatable bonds is 8. The van der Waals surface area contributed by atoms with Crippen LogP contribution in [0.5, 0.6) is 0 Å². The number of hydrogen-bond acceptors (Lipinski definition) is 2. The van der Waals surface area contributed by atoms with Crippen molar-refractivity contribution in [2.75, 3.05) is 10.2 Å². The summed E-state index contributed by atoms with van der Waals surface area (Å²) in [4.78, 5) is 2.35. The molecule has 0 heterocycles. The molecule has 0 saturated carbocycles. The van der Waals surface area contributed by atoms with Crippen molar-refractivity contribution in [1.82, 2.24) is 0 Å². The van der Waals surface area contributed by atoms with E-state index in [2.05, 4.69) is 163 Å². The first-order chi connectivity index (χ1) is 21.7. The molecule has 7 aromatic rings. The van der Waals surface area contributed by atoms with E-state index in [9.17, 15) is 0 Å². The summed E-state index contributed by atoms with van der Waals surface area (Å²) in [5.74, 6) is 0. The molecule has 1 N–H and O–H groups in total. The van der Waals surface area contributed by atoms with Crippen molar-refractivity contribution in [3.05, 3.63) is 170 Å². The third-order valence-corrected chi connectivity index (χ3v) is 8.30. The van der Waals surface area contributed by atoms with Crippen molar-refractivity contribution in [2.45, 2.75) is 0 Å². The summed E-state index contributed by atoms with van der Waals surface area (Å²) < 4.78 is 0. The molecule has 0 bridgehead atoms. The number of anilines is 5. The van der Waals surface area contributed by atoms with Crippen LogP contribution in [0.15, 0.2) is 153 Å². The number of fused-ring (bicyclic) bond motifs is 5. The van der Waals surface area contributed by atoms with Gasteiger partial charge in [0.05, 0.1) is 5.69 Å². The van der Waals surface area contributed by atoms with Crippen molar-refractivity contribution in [3.63, 3.8) is 0 Å². The molecule has 0 fully saturated rings. The Hall–Kier alpha value is -5.86. The van der Waals surface area contributed by atoms with Crippen LogP contribution in [-0.2, 0) is 0 Å². The molecular formula is C42H32N2. The van der Waals surface area contributed by atoms with Gasteiger partial charge in [0.15, 0.2) is 0 Å². The molecule has 0 amide bonds. The van der Waals surface area contributed by atoms with E-state index in [-0.39, 0.29) is 0 Å². The predicted molar refractivity (Wildman–Crippen MR) is 194 cm³/mol. The molecule has 0 atom stereocenters. The van der Waals surface area contributed by atoms with Gasteiger partial charge in [-0.15, -0.1) is 0 Å². The minimum atomic E-state index is 1.04. The number of nitrogens with one attached hydrogen (secondary N) is 1. The number of hydrogen-bond donors (Lipinski definition) is 1. The lowest BCUT2D eigenvalue weighted by Crippen LogP contribution is -2.10. The van der Waals surface area contributed by atoms with Crippen LogP contribution in [0, 0.1) is 0 Å². The first-order valence-electron chi connectivity index (χ1n) is 14.8. The Kier molecular flexibility index (Phi) is 7.02. The molecule has 7 aromatic carbocycles. The Labute approximate surface area is 258 Å². The molecule has 0 radical (unpaired) electrons. The fourth-order valence-electron chi connectivity index (χ4n) is 6.02. The summed E-state index contributed by atoms with van der Waals surface area (Å²) in [6.07, 6.45) is 5.62. The van der Waals surface area contributed by atoms with E-state index in [0.717, 1.165) is 45.1 Å². The molecule has 0 aliphatic heterocycles. The second-order valence-corrected chi connectivity index (χ2v) is 10.9. The molecule has 210 valence electrons. The quantitative estimate of drug-likeness (QED) is 0.185. The SMILES string of the molecule is C=Cc1ccc(Nc2cc3c4ccccc4c(N(c4ccc(C=C)cc4)c4ccc(C=C)cc4)cc3c3ccccc23)cc1. The standard InChI is InChI=1S/C42H32N2/c1-4-29-15-21-32(22-16-29)43-41-27-39-36-12-8-10-14-38(36)42(28-40(39)35-11-7-9-13-37(35)41)44(33-23-17-30(5-2)18-24-33)34-25-19-31(6-3)20-26-34/h4-28,43H,1-3H2. The van der Waals surface area contributed by atoms with Crippen molar-refractivity contribution in [2.24, 2.45) is 0 Å². The second-order valence-electron chi connectivity index (χ2n) is 10.9. The lowest BCUT2D eigenvalue weighted by atomic mass is 9.94. The minimum absolute atomic E-state index is 1.04. The van der Waals surface area contributed by atoms with Gasteiger partial charge in [0.25, 0.3) is 0 Å². The van der Waals surface area contributed by atoms with Gasteiger partial charge in [0.2, 0.25) is 0 Å². The summed E-state index contributed by atoms with van der Waals surface area (Å²) in [6, 6.07) is 47.5. The molecule has 2 heteroatoms. The molecule has 0 aliphatic carbocycles. The van der Waals surface area contributed by atoms with Crippen molar-refractivity contribution in [1.29, 1.82) is 0 Å². The molecule has 0 aliphatic rings. The maximum absolute atomic E-state index is 3.95. The molecular weight excluding hydrogens is 532 g/mol. The zero-order valence-electron chi connectivity index (χ0n) is 24.5. The van der Waals surface area contributed by atoms with E-state index in [0.29, 0.717) is 0 Å². The van der Waals surface area contributed by atoms with Crippen LogP contribution in [0.2, 0.25) is 0 Å². The number of benzene rings is 7. The lowest BCUT2D eigenvalue weighted by molar-refractivity contribution is 1.30. The van der Waals surface area contributed by atoms with Crippen LogP contribution < -0.4 is 10.2 Å². The van der Waals surface area contributed by atoms with Gasteiger partial charge >= 0.3 is 0 Å². The smallest absolute Gasteiger partial charge is 0.0546 e. The Morgan fingerprint density at radius 1 is 0.432 bits per heavy atom. The minimum Gasteiger partial charge on any atom is -0.355 e. The fourth-order valence-corrected chi connectivity index (χ4v) is 6.02. The van der Waals surface area contributed by atoms with E-state index in [4.69, 9.17) is 0 Å². The van der Waals surface area contributed by atoms with Crippen molar-refractivity contribution in [3.8, 4) is 0 Å². The average molecular weight is 565 g/mol. The lowest BCUT2D eigenvalue weighted by Gasteiger charge is -2.28. The topological polar surface area (TPSA) is 15.3 Å². The summed E-state index contributed by atoms with van der Waals surface area (Å²) in [5.41, 5.74) is 8.67. The van der Waals surface area contributed by atoms with Gasteiger partial charge < -0.3 is 10.2 Å². The third-order valence-electron chi connectivity index (χ3n) is 8.30. The molecule has 44 heavy (non-hydrogen) atoms. The molecule has 0 saturated heterocycles. The Morgan fingerprint density at radius 2 is 0.864 bits per heavy atom. The fraction of sp³-hybridized carbons (Fsp3) is 0. The molecule has 0 aromatic heterocycles. The van der Waals surface area contributed by atoms with E-state index in [1.165, 1.54) is 32.3 Å². The monoisotopic (exact) mass is 564 g/mol. The van der Waals surface area contributed by atoms with Crippen LogP contribution in [-0.4, -0.2) is 0 Å². The summed E-state index contributed by atoms with van der Waals surface area (Å²) in [6.45, 7) is 11.8. The zero-order valence-corrected chi connectivity index (χ0v) is 24.5. The van der Waals surface area contributed by atoms with E-state index in [1.54, 1.807) is 0 Å². The Morgan fingerprint density at radius 3 is 1.39 bits per heavy atom. The van der Waals surface area contributed by atoms with Gasteiger partial charge in [0.1, 0.15) is 0 Å². The average Bonchev–Trinajstić information content (AvgIpc) is 3.09. The summed E-state index contributed by atoms with van der Waals surface area (Å²) in [7, 11) is 0. The second kappa shape index (κ2) is 11.4. The van der Waals surface area contributed by atoms with Gasteiger partial charge in [-0.05, 0) is 86.8 Å². The molecule has 0 unspecified atom stereocenters. The normalized spacial score (nSPS) is 11.0. The summed E-state index contributed by atoms with van der Waals surface area (Å²) >= 11 is 0.